The highest BCUT2D eigenvalue weighted by atomic mass is 19.1. The Morgan fingerprint density at radius 3 is 2.34 bits per heavy atom. The van der Waals surface area contributed by atoms with Crippen molar-refractivity contribution in [2.75, 3.05) is 36.4 Å². The lowest BCUT2D eigenvalue weighted by Gasteiger charge is -2.36. The maximum absolute atomic E-state index is 13.1. The van der Waals surface area contributed by atoms with E-state index < -0.39 is 0 Å². The Bertz CT molecular complexity index is 983. The Hall–Kier alpha value is -3.48. The number of aromatic nitrogens is 2. The number of aryl methyl sites for hydroxylation is 1. The number of piperazine rings is 1. The molecule has 0 saturated carbocycles. The van der Waals surface area contributed by atoms with Crippen LogP contribution in [0.5, 0.6) is 0 Å². The van der Waals surface area contributed by atoms with Crippen LogP contribution in [0.2, 0.25) is 0 Å². The summed E-state index contributed by atoms with van der Waals surface area (Å²) in [4.78, 5) is 25.4. The van der Waals surface area contributed by atoms with Crippen molar-refractivity contribution in [3.8, 4) is 0 Å². The number of carbonyl (C=O) groups is 1. The minimum atomic E-state index is -0.249. The van der Waals surface area contributed by atoms with E-state index in [0.717, 1.165) is 11.4 Å². The van der Waals surface area contributed by atoms with E-state index in [4.69, 9.17) is 0 Å². The summed E-state index contributed by atoms with van der Waals surface area (Å²) in [5, 5.41) is 3.13. The van der Waals surface area contributed by atoms with E-state index in [2.05, 4.69) is 20.2 Å². The molecule has 0 aliphatic carbocycles. The summed E-state index contributed by atoms with van der Waals surface area (Å²) < 4.78 is 13.1. The molecule has 4 rings (SSSR count). The zero-order valence-electron chi connectivity index (χ0n) is 16.2. The molecule has 2 aromatic carbocycles. The van der Waals surface area contributed by atoms with Gasteiger partial charge in [-0.15, -0.1) is 0 Å². The molecule has 3 aromatic rings. The molecule has 148 valence electrons. The van der Waals surface area contributed by atoms with Crippen LogP contribution >= 0.6 is 0 Å². The highest BCUT2D eigenvalue weighted by Crippen LogP contribution is 2.18. The van der Waals surface area contributed by atoms with Gasteiger partial charge >= 0.3 is 0 Å². The molecule has 1 aliphatic heterocycles. The first-order valence-electron chi connectivity index (χ1n) is 9.55. The molecule has 0 atom stereocenters. The average molecular weight is 391 g/mol. The lowest BCUT2D eigenvalue weighted by atomic mass is 10.2. The summed E-state index contributed by atoms with van der Waals surface area (Å²) in [6.45, 7) is 4.57. The summed E-state index contributed by atoms with van der Waals surface area (Å²) in [6.07, 6.45) is 1.59. The lowest BCUT2D eigenvalue weighted by Crippen LogP contribution is -2.49. The van der Waals surface area contributed by atoms with E-state index in [0.29, 0.717) is 37.8 Å². The molecule has 29 heavy (non-hydrogen) atoms. The Labute approximate surface area is 169 Å². The first-order chi connectivity index (χ1) is 14.1. The molecule has 1 saturated heterocycles. The van der Waals surface area contributed by atoms with Crippen LogP contribution in [-0.2, 0) is 0 Å². The molecule has 1 amide bonds. The van der Waals surface area contributed by atoms with Gasteiger partial charge in [-0.2, -0.15) is 0 Å². The number of carbonyl (C=O) groups excluding carboxylic acids is 1. The number of rotatable bonds is 4. The van der Waals surface area contributed by atoms with Crippen molar-refractivity contribution in [1.82, 2.24) is 14.9 Å². The molecule has 0 unspecified atom stereocenters. The fourth-order valence-corrected chi connectivity index (χ4v) is 3.29. The molecule has 6 nitrogen and oxygen atoms in total. The number of benzene rings is 2. The summed E-state index contributed by atoms with van der Waals surface area (Å²) in [5.41, 5.74) is 3.36. The topological polar surface area (TPSA) is 61.4 Å². The number of hydrogen-bond donors (Lipinski definition) is 1. The number of anilines is 3. The normalized spacial score (nSPS) is 14.0. The third-order valence-corrected chi connectivity index (χ3v) is 4.94. The van der Waals surface area contributed by atoms with Gasteiger partial charge in [-0.1, -0.05) is 17.7 Å². The van der Waals surface area contributed by atoms with Crippen molar-refractivity contribution in [1.29, 1.82) is 0 Å². The van der Waals surface area contributed by atoms with Crippen molar-refractivity contribution in [3.05, 3.63) is 77.9 Å². The van der Waals surface area contributed by atoms with Gasteiger partial charge in [0.05, 0.1) is 0 Å². The van der Waals surface area contributed by atoms with Crippen LogP contribution < -0.4 is 10.2 Å². The van der Waals surface area contributed by atoms with Gasteiger partial charge < -0.3 is 15.1 Å². The summed E-state index contributed by atoms with van der Waals surface area (Å²) in [7, 11) is 0. The average Bonchev–Trinajstić information content (AvgIpc) is 2.76. The highest BCUT2D eigenvalue weighted by Gasteiger charge is 2.23. The van der Waals surface area contributed by atoms with E-state index in [1.807, 2.05) is 31.2 Å². The molecule has 0 radical (unpaired) electrons. The standard InChI is InChI=1S/C22H22FN5O/c1-16-2-6-18(7-3-16)25-22-24-11-10-20(26-22)21(29)28-14-12-27(13-15-28)19-8-4-17(23)5-9-19/h2-11H,12-15H2,1H3,(H,24,25,26). The van der Waals surface area contributed by atoms with Gasteiger partial charge in [0.25, 0.3) is 5.91 Å². The largest absolute Gasteiger partial charge is 0.368 e. The van der Waals surface area contributed by atoms with E-state index in [-0.39, 0.29) is 11.7 Å². The van der Waals surface area contributed by atoms with Gasteiger partial charge in [0.15, 0.2) is 0 Å². The molecule has 0 spiro atoms. The van der Waals surface area contributed by atoms with Crippen molar-refractivity contribution in [3.63, 3.8) is 0 Å². The monoisotopic (exact) mass is 391 g/mol. The van der Waals surface area contributed by atoms with E-state index in [9.17, 15) is 9.18 Å². The fraction of sp³-hybridized carbons (Fsp3) is 0.227. The number of amides is 1. The molecule has 7 heteroatoms. The molecule has 1 aliphatic rings. The SMILES string of the molecule is Cc1ccc(Nc2nccc(C(=O)N3CCN(c4ccc(F)cc4)CC3)n2)cc1. The van der Waals surface area contributed by atoms with Gasteiger partial charge in [-0.25, -0.2) is 14.4 Å². The number of hydrogen-bond acceptors (Lipinski definition) is 5. The van der Waals surface area contributed by atoms with Crippen molar-refractivity contribution in [2.45, 2.75) is 6.92 Å². The van der Waals surface area contributed by atoms with Crippen LogP contribution in [0.25, 0.3) is 0 Å². The first-order valence-corrected chi connectivity index (χ1v) is 9.55. The summed E-state index contributed by atoms with van der Waals surface area (Å²) in [6, 6.07) is 16.0. The predicted octanol–water partition coefficient (Wildman–Crippen LogP) is 3.63. The van der Waals surface area contributed by atoms with Crippen molar-refractivity contribution < 1.29 is 9.18 Å². The van der Waals surface area contributed by atoms with Gasteiger partial charge in [0.2, 0.25) is 5.95 Å². The van der Waals surface area contributed by atoms with Crippen molar-refractivity contribution >= 4 is 23.2 Å². The van der Waals surface area contributed by atoms with Gasteiger partial charge in [-0.05, 0) is 49.4 Å². The van der Waals surface area contributed by atoms with Gasteiger partial charge in [0.1, 0.15) is 11.5 Å². The summed E-state index contributed by atoms with van der Waals surface area (Å²) in [5.74, 6) is 0.0316. The third kappa shape index (κ3) is 4.51. The molecular weight excluding hydrogens is 369 g/mol. The number of nitrogens with zero attached hydrogens (tertiary/aromatic N) is 4. The lowest BCUT2D eigenvalue weighted by molar-refractivity contribution is 0.0741. The second-order valence-electron chi connectivity index (χ2n) is 7.01. The minimum Gasteiger partial charge on any atom is -0.368 e. The highest BCUT2D eigenvalue weighted by molar-refractivity contribution is 5.92. The second kappa shape index (κ2) is 8.26. The van der Waals surface area contributed by atoms with E-state index in [1.54, 1.807) is 29.3 Å². The molecule has 2 heterocycles. The number of nitrogens with one attached hydrogen (secondary N) is 1. The van der Waals surface area contributed by atoms with Crippen LogP contribution in [0.1, 0.15) is 16.1 Å². The maximum Gasteiger partial charge on any atom is 0.272 e. The molecule has 1 N–H and O–H groups in total. The van der Waals surface area contributed by atoms with Gasteiger partial charge in [0, 0.05) is 43.8 Å². The zero-order chi connectivity index (χ0) is 20.2. The van der Waals surface area contributed by atoms with Crippen LogP contribution in [0.3, 0.4) is 0 Å². The second-order valence-corrected chi connectivity index (χ2v) is 7.01. The van der Waals surface area contributed by atoms with E-state index in [1.165, 1.54) is 17.7 Å². The quantitative estimate of drug-likeness (QED) is 0.736. The Balaban J connectivity index is 1.39. The molecule has 0 bridgehead atoms. The van der Waals surface area contributed by atoms with Gasteiger partial charge in [-0.3, -0.25) is 4.79 Å². The Morgan fingerprint density at radius 1 is 0.966 bits per heavy atom. The number of halogens is 1. The van der Waals surface area contributed by atoms with Crippen LogP contribution in [0, 0.1) is 12.7 Å². The minimum absolute atomic E-state index is 0.113. The Morgan fingerprint density at radius 2 is 1.66 bits per heavy atom. The third-order valence-electron chi connectivity index (χ3n) is 4.94. The summed E-state index contributed by atoms with van der Waals surface area (Å²) >= 11 is 0. The van der Waals surface area contributed by atoms with Crippen LogP contribution in [0.4, 0.5) is 21.7 Å². The first kappa shape index (κ1) is 18.9. The van der Waals surface area contributed by atoms with Crippen LogP contribution in [0.15, 0.2) is 60.8 Å². The Kier molecular flexibility index (Phi) is 5.37. The van der Waals surface area contributed by atoms with Crippen LogP contribution in [-0.4, -0.2) is 47.0 Å². The smallest absolute Gasteiger partial charge is 0.272 e. The predicted molar refractivity (Wildman–Crippen MR) is 111 cm³/mol. The van der Waals surface area contributed by atoms with Crippen molar-refractivity contribution in [2.24, 2.45) is 0 Å². The van der Waals surface area contributed by atoms with E-state index >= 15 is 0 Å². The molecule has 1 fully saturated rings. The zero-order valence-corrected chi connectivity index (χ0v) is 16.2. The molecular formula is C22H22FN5O. The fourth-order valence-electron chi connectivity index (χ4n) is 3.29. The maximum atomic E-state index is 13.1. The molecule has 1 aromatic heterocycles.